The Morgan fingerprint density at radius 2 is 1.86 bits per heavy atom. The smallest absolute Gasteiger partial charge is 0.414 e. The molecule has 4 rings (SSSR count). The molecule has 2 aromatic heterocycles. The van der Waals surface area contributed by atoms with Gasteiger partial charge in [0.05, 0.1) is 25.4 Å². The Bertz CT molecular complexity index is 1270. The van der Waals surface area contributed by atoms with Gasteiger partial charge in [0.25, 0.3) is 5.69 Å². The first-order valence-corrected chi connectivity index (χ1v) is 12.1. The Hall–Kier alpha value is -3.68. The number of aliphatic carboxylic acids is 2. The number of hydrogen-bond donors (Lipinski definition) is 2. The number of hydrogen-bond acceptors (Lipinski definition) is 9. The number of thiophene rings is 1. The number of oxime groups is 1. The van der Waals surface area contributed by atoms with Crippen LogP contribution in [0.15, 0.2) is 52.0 Å². The Morgan fingerprint density at radius 1 is 1.20 bits per heavy atom. The largest absolute Gasteiger partial charge is 0.473 e. The van der Waals surface area contributed by atoms with Crippen LogP contribution in [0.5, 0.6) is 0 Å². The fourth-order valence-electron chi connectivity index (χ4n) is 3.25. The second-order valence-electron chi connectivity index (χ2n) is 7.40. The number of benzene rings is 1. The lowest BCUT2D eigenvalue weighted by molar-refractivity contribution is -0.384. The topological polar surface area (TPSA) is 148 Å². The van der Waals surface area contributed by atoms with Gasteiger partial charge in [-0.25, -0.2) is 9.59 Å². The molecule has 13 heteroatoms. The number of thioether (sulfide) groups is 1. The first kappa shape index (κ1) is 25.9. The summed E-state index contributed by atoms with van der Waals surface area (Å²) < 4.78 is 3.26. The monoisotopic (exact) mass is 518 g/mol. The molecule has 3 aromatic rings. The van der Waals surface area contributed by atoms with Gasteiger partial charge in [0, 0.05) is 30.4 Å². The molecular formula is C22H22N4O7S2. The second-order valence-corrected chi connectivity index (χ2v) is 9.50. The molecule has 1 aromatic carbocycles. The molecule has 0 bridgehead atoms. The number of nitro benzene ring substituents is 1. The zero-order chi connectivity index (χ0) is 25.7. The summed E-state index contributed by atoms with van der Waals surface area (Å²) in [6.45, 7) is 1.31. The van der Waals surface area contributed by atoms with Gasteiger partial charge in [-0.3, -0.25) is 10.1 Å². The number of nitro groups is 1. The third-order valence-corrected chi connectivity index (χ3v) is 7.12. The summed E-state index contributed by atoms with van der Waals surface area (Å²) in [6.07, 6.45) is 4.05. The molecule has 0 unspecified atom stereocenters. The van der Waals surface area contributed by atoms with E-state index in [1.165, 1.54) is 0 Å². The molecule has 0 radical (unpaired) electrons. The van der Waals surface area contributed by atoms with E-state index in [0.29, 0.717) is 6.61 Å². The predicted molar refractivity (Wildman–Crippen MR) is 133 cm³/mol. The van der Waals surface area contributed by atoms with Gasteiger partial charge in [0.2, 0.25) is 0 Å². The maximum Gasteiger partial charge on any atom is 0.414 e. The van der Waals surface area contributed by atoms with Gasteiger partial charge in [-0.15, -0.1) is 23.1 Å². The predicted octanol–water partition coefficient (Wildman–Crippen LogP) is 3.64. The molecule has 0 amide bonds. The van der Waals surface area contributed by atoms with Gasteiger partial charge in [0.15, 0.2) is 0 Å². The number of carboxylic acid groups (broad SMARTS) is 2. The van der Waals surface area contributed by atoms with Gasteiger partial charge < -0.3 is 24.5 Å². The van der Waals surface area contributed by atoms with E-state index < -0.39 is 11.9 Å². The number of likely N-dealkylation sites (N-methyl/N-ethyl adjacent to an activating group) is 1. The lowest BCUT2D eigenvalue weighted by atomic mass is 10.1. The lowest BCUT2D eigenvalue weighted by Gasteiger charge is -2.08. The fourth-order valence-corrected chi connectivity index (χ4v) is 5.29. The van der Waals surface area contributed by atoms with Crippen molar-refractivity contribution in [3.63, 3.8) is 0 Å². The second kappa shape index (κ2) is 11.2. The average molecular weight is 519 g/mol. The van der Waals surface area contributed by atoms with E-state index in [-0.39, 0.29) is 10.6 Å². The first-order chi connectivity index (χ1) is 16.6. The first-order valence-electron chi connectivity index (χ1n) is 10.1. The van der Waals surface area contributed by atoms with Crippen LogP contribution in [0.25, 0.3) is 16.8 Å². The van der Waals surface area contributed by atoms with E-state index >= 15 is 0 Å². The lowest BCUT2D eigenvalue weighted by Crippen LogP contribution is -2.17. The Kier molecular flexibility index (Phi) is 8.27. The van der Waals surface area contributed by atoms with Crippen LogP contribution in [0, 0.1) is 10.1 Å². The van der Waals surface area contributed by atoms with Crippen molar-refractivity contribution in [3.8, 4) is 16.8 Å². The van der Waals surface area contributed by atoms with Crippen LogP contribution in [0.3, 0.4) is 0 Å². The van der Waals surface area contributed by atoms with Crippen LogP contribution in [-0.4, -0.2) is 75.8 Å². The molecule has 0 saturated carbocycles. The summed E-state index contributed by atoms with van der Waals surface area (Å²) in [7, 11) is 3.99. The van der Waals surface area contributed by atoms with E-state index in [1.807, 2.05) is 55.7 Å². The minimum absolute atomic E-state index is 0.0875. The van der Waals surface area contributed by atoms with Crippen LogP contribution in [-0.2, 0) is 14.4 Å². The molecule has 1 aliphatic rings. The molecule has 0 spiro atoms. The van der Waals surface area contributed by atoms with E-state index in [2.05, 4.69) is 9.72 Å². The van der Waals surface area contributed by atoms with Crippen molar-refractivity contribution >= 4 is 46.4 Å². The van der Waals surface area contributed by atoms with Crippen LogP contribution < -0.4 is 0 Å². The summed E-state index contributed by atoms with van der Waals surface area (Å²) in [6, 6.07) is 10.7. The number of fused-ring (bicyclic) bond motifs is 3. The number of nitrogens with zero attached hydrogens (tertiary/aromatic N) is 4. The number of non-ortho nitro benzene ring substituents is 1. The maximum atomic E-state index is 11.0. The highest BCUT2D eigenvalue weighted by atomic mass is 32.2. The molecule has 3 heterocycles. The third-order valence-electron chi connectivity index (χ3n) is 4.82. The standard InChI is InChI=1S/C20H20N4O3S2.C2H2O4/c1-22(2)11-12-27-21-17-15-5-4-10-23(15)18-16(20(28-3)29-19(17)18)13-6-8-14(9-7-13)24(25)26;3-1(4)2(5)6/h4-10H,11-12H2,1-3H3;(H,3,4)(H,5,6)/b21-17-;. The molecular weight excluding hydrogens is 496 g/mol. The molecule has 2 N–H and O–H groups in total. The van der Waals surface area contributed by atoms with E-state index in [9.17, 15) is 10.1 Å². The summed E-state index contributed by atoms with van der Waals surface area (Å²) in [5.74, 6) is -3.65. The Morgan fingerprint density at radius 3 is 2.40 bits per heavy atom. The number of carboxylic acids is 2. The molecule has 0 atom stereocenters. The zero-order valence-corrected chi connectivity index (χ0v) is 20.6. The minimum Gasteiger partial charge on any atom is -0.473 e. The van der Waals surface area contributed by atoms with Gasteiger partial charge >= 0.3 is 11.9 Å². The number of rotatable bonds is 7. The quantitative estimate of drug-likeness (QED) is 0.123. The summed E-state index contributed by atoms with van der Waals surface area (Å²) in [4.78, 5) is 37.5. The molecule has 0 saturated heterocycles. The van der Waals surface area contributed by atoms with Gasteiger partial charge in [-0.05, 0) is 50.2 Å². The molecule has 0 aliphatic carbocycles. The highest BCUT2D eigenvalue weighted by Gasteiger charge is 2.33. The summed E-state index contributed by atoms with van der Waals surface area (Å²) in [5, 5.41) is 30.2. The minimum atomic E-state index is -1.82. The molecule has 1 aliphatic heterocycles. The van der Waals surface area contributed by atoms with Crippen molar-refractivity contribution in [3.05, 3.63) is 63.3 Å². The number of aromatic nitrogens is 1. The van der Waals surface area contributed by atoms with E-state index in [1.54, 1.807) is 35.2 Å². The third kappa shape index (κ3) is 5.70. The highest BCUT2D eigenvalue weighted by Crippen LogP contribution is 2.48. The van der Waals surface area contributed by atoms with Crippen molar-refractivity contribution in [1.82, 2.24) is 9.47 Å². The fraction of sp³-hybridized carbons (Fsp3) is 0.227. The van der Waals surface area contributed by atoms with E-state index in [0.717, 1.165) is 43.9 Å². The van der Waals surface area contributed by atoms with Crippen molar-refractivity contribution < 1.29 is 29.6 Å². The SMILES string of the molecule is CSc1sc2c(c1-c1ccc([N+](=O)[O-])cc1)-n1cccc1/C2=N/OCCN(C)C.O=C(O)C(=O)O. The molecule has 11 nitrogen and oxygen atoms in total. The van der Waals surface area contributed by atoms with Crippen molar-refractivity contribution in [2.45, 2.75) is 4.21 Å². The van der Waals surface area contributed by atoms with Gasteiger partial charge in [-0.1, -0.05) is 5.16 Å². The average Bonchev–Trinajstić information content (AvgIpc) is 3.49. The van der Waals surface area contributed by atoms with E-state index in [4.69, 9.17) is 24.6 Å². The van der Waals surface area contributed by atoms with Crippen molar-refractivity contribution in [1.29, 1.82) is 0 Å². The van der Waals surface area contributed by atoms with Crippen molar-refractivity contribution in [2.24, 2.45) is 5.16 Å². The normalized spacial score (nSPS) is 12.6. The summed E-state index contributed by atoms with van der Waals surface area (Å²) >= 11 is 3.34. The van der Waals surface area contributed by atoms with Crippen LogP contribution in [0.4, 0.5) is 5.69 Å². The summed E-state index contributed by atoms with van der Waals surface area (Å²) in [5.41, 5.74) is 4.99. The maximum absolute atomic E-state index is 11.0. The molecule has 35 heavy (non-hydrogen) atoms. The Balaban J connectivity index is 0.000000509. The molecule has 184 valence electrons. The van der Waals surface area contributed by atoms with Crippen molar-refractivity contribution in [2.75, 3.05) is 33.5 Å². The van der Waals surface area contributed by atoms with Crippen LogP contribution in [0.2, 0.25) is 0 Å². The zero-order valence-electron chi connectivity index (χ0n) is 19.0. The van der Waals surface area contributed by atoms with Gasteiger partial charge in [0.1, 0.15) is 12.3 Å². The Labute approximate surface area is 208 Å². The van der Waals surface area contributed by atoms with Crippen LogP contribution in [0.1, 0.15) is 10.6 Å². The molecule has 0 fully saturated rings. The highest BCUT2D eigenvalue weighted by molar-refractivity contribution is 8.00. The van der Waals surface area contributed by atoms with Crippen LogP contribution >= 0.6 is 23.1 Å². The van der Waals surface area contributed by atoms with Gasteiger partial charge in [-0.2, -0.15) is 0 Å². The number of carbonyl (C=O) groups is 2.